The van der Waals surface area contributed by atoms with Gasteiger partial charge in [-0.3, -0.25) is 9.59 Å². The Labute approximate surface area is 241 Å². The first-order valence-electron chi connectivity index (χ1n) is 15.4. The molecule has 5 nitrogen and oxygen atoms in total. The molecule has 4 unspecified atom stereocenters. The number of esters is 1. The van der Waals surface area contributed by atoms with Gasteiger partial charge in [-0.2, -0.15) is 0 Å². The topological polar surface area (TPSA) is 72.8 Å². The largest absolute Gasteiger partial charge is 0.484 e. The molecule has 5 aliphatic rings. The lowest BCUT2D eigenvalue weighted by molar-refractivity contribution is -0.299. The zero-order chi connectivity index (χ0) is 29.0. The minimum atomic E-state index is -1.23. The molecule has 0 aromatic rings. The zero-order valence-electron chi connectivity index (χ0n) is 25.9. The number of aliphatic hydroxyl groups is 1. The molecule has 220 valence electrons. The molecule has 0 aromatic carbocycles. The SMILES string of the molecule is COC(=O)[C@]12CCC(C)(C)CC1C1(O)CC(=O)C3[C@@]4(C)CC[C@H](OC(C)=S)C(C)(C)C4CC[C@@]3(C)[C@]1(C)CC2. The standard InChI is InChI=1S/C33H52O5S/c1-20(39)38-24-11-12-29(6)22(28(24,4)5)10-13-30(7)25(29)21(34)18-33(36)23-19-27(2,3)14-16-32(23,26(35)37-9)17-15-31(30,33)8/h22-25,36H,10-19H2,1-9H3/t22?,23?,24-,25?,29-,30+,31-,32-,33?/m0/s1. The van der Waals surface area contributed by atoms with Crippen LogP contribution in [0.25, 0.3) is 0 Å². The van der Waals surface area contributed by atoms with E-state index in [4.69, 9.17) is 21.7 Å². The van der Waals surface area contributed by atoms with Gasteiger partial charge in [0.1, 0.15) is 11.9 Å². The van der Waals surface area contributed by atoms with Gasteiger partial charge in [-0.05, 0) is 92.2 Å². The van der Waals surface area contributed by atoms with E-state index in [9.17, 15) is 14.7 Å². The Balaban J connectivity index is 1.60. The molecule has 9 atom stereocenters. The lowest BCUT2D eigenvalue weighted by Crippen LogP contribution is -2.76. The fourth-order valence-electron chi connectivity index (χ4n) is 11.8. The van der Waals surface area contributed by atoms with E-state index < -0.39 is 16.4 Å². The third kappa shape index (κ3) is 3.68. The summed E-state index contributed by atoms with van der Waals surface area (Å²) in [6.07, 6.45) is 7.78. The highest BCUT2D eigenvalue weighted by molar-refractivity contribution is 7.80. The van der Waals surface area contributed by atoms with E-state index in [2.05, 4.69) is 48.5 Å². The summed E-state index contributed by atoms with van der Waals surface area (Å²) in [5.74, 6) is -0.0534. The summed E-state index contributed by atoms with van der Waals surface area (Å²) in [6, 6.07) is 0. The van der Waals surface area contributed by atoms with Gasteiger partial charge in [0.05, 0.1) is 18.1 Å². The molecule has 5 aliphatic carbocycles. The number of hydrogen-bond donors (Lipinski definition) is 1. The molecule has 6 heteroatoms. The van der Waals surface area contributed by atoms with Crippen molar-refractivity contribution in [3.05, 3.63) is 0 Å². The second-order valence-electron chi connectivity index (χ2n) is 16.4. The molecule has 0 bridgehead atoms. The predicted octanol–water partition coefficient (Wildman–Crippen LogP) is 7.07. The number of methoxy groups -OCH3 is 1. The van der Waals surface area contributed by atoms with E-state index in [1.165, 1.54) is 7.11 Å². The first-order valence-corrected chi connectivity index (χ1v) is 15.8. The average Bonchev–Trinajstić information content (AvgIpc) is 2.82. The molecule has 5 rings (SSSR count). The van der Waals surface area contributed by atoms with Crippen LogP contribution in [0.2, 0.25) is 0 Å². The van der Waals surface area contributed by atoms with Crippen LogP contribution in [-0.2, 0) is 19.1 Å². The Morgan fingerprint density at radius 2 is 1.56 bits per heavy atom. The van der Waals surface area contributed by atoms with E-state index >= 15 is 0 Å². The van der Waals surface area contributed by atoms with E-state index in [0.717, 1.165) is 57.8 Å². The Hall–Kier alpha value is -1.01. The molecular formula is C33H52O5S. The number of ketones is 1. The number of fused-ring (bicyclic) bond motifs is 7. The monoisotopic (exact) mass is 560 g/mol. The summed E-state index contributed by atoms with van der Waals surface area (Å²) in [7, 11) is 1.48. The first-order chi connectivity index (χ1) is 17.8. The maximum Gasteiger partial charge on any atom is 0.312 e. The lowest BCUT2D eigenvalue weighted by Gasteiger charge is -2.74. The Morgan fingerprint density at radius 1 is 0.923 bits per heavy atom. The van der Waals surface area contributed by atoms with Crippen molar-refractivity contribution in [1.82, 2.24) is 0 Å². The highest BCUT2D eigenvalue weighted by Gasteiger charge is 2.78. The van der Waals surface area contributed by atoms with Crippen molar-refractivity contribution in [2.45, 2.75) is 131 Å². The predicted molar refractivity (Wildman–Crippen MR) is 156 cm³/mol. The van der Waals surface area contributed by atoms with Crippen LogP contribution in [0.15, 0.2) is 0 Å². The van der Waals surface area contributed by atoms with Gasteiger partial charge in [0.2, 0.25) is 0 Å². The quantitative estimate of drug-likeness (QED) is 0.288. The minimum absolute atomic E-state index is 0.00285. The molecule has 5 saturated carbocycles. The van der Waals surface area contributed by atoms with E-state index in [-0.39, 0.29) is 57.8 Å². The number of thiocarbonyl (C=S) groups is 1. The van der Waals surface area contributed by atoms with Crippen LogP contribution < -0.4 is 0 Å². The normalized spacial score (nSPS) is 49.9. The molecule has 0 aliphatic heterocycles. The van der Waals surface area contributed by atoms with Crippen molar-refractivity contribution in [2.24, 2.45) is 50.2 Å². The van der Waals surface area contributed by atoms with Crippen molar-refractivity contribution in [2.75, 3.05) is 7.11 Å². The molecule has 0 aromatic heterocycles. The smallest absolute Gasteiger partial charge is 0.312 e. The molecule has 0 radical (unpaired) electrons. The van der Waals surface area contributed by atoms with Crippen LogP contribution >= 0.6 is 12.2 Å². The van der Waals surface area contributed by atoms with Crippen LogP contribution in [0, 0.1) is 50.2 Å². The maximum atomic E-state index is 14.6. The van der Waals surface area contributed by atoms with Crippen LogP contribution in [0.3, 0.4) is 0 Å². The second kappa shape index (κ2) is 8.75. The molecule has 0 amide bonds. The van der Waals surface area contributed by atoms with E-state index in [1.54, 1.807) is 0 Å². The number of carbonyl (C=O) groups excluding carboxylic acids is 2. The third-order valence-electron chi connectivity index (χ3n) is 13.9. The summed E-state index contributed by atoms with van der Waals surface area (Å²) >= 11 is 5.34. The van der Waals surface area contributed by atoms with Crippen molar-refractivity contribution in [3.63, 3.8) is 0 Å². The molecule has 0 spiro atoms. The van der Waals surface area contributed by atoms with Crippen LogP contribution in [0.4, 0.5) is 0 Å². The second-order valence-corrected chi connectivity index (χ2v) is 16.9. The number of carbonyl (C=O) groups is 2. The molecule has 39 heavy (non-hydrogen) atoms. The summed E-state index contributed by atoms with van der Waals surface area (Å²) in [5.41, 5.74) is -3.03. The minimum Gasteiger partial charge on any atom is -0.484 e. The number of hydrogen-bond acceptors (Lipinski definition) is 6. The molecule has 5 fully saturated rings. The summed E-state index contributed by atoms with van der Waals surface area (Å²) in [6.45, 7) is 17.9. The summed E-state index contributed by atoms with van der Waals surface area (Å²) in [4.78, 5) is 28.1. The fourth-order valence-corrected chi connectivity index (χ4v) is 11.9. The summed E-state index contributed by atoms with van der Waals surface area (Å²) < 4.78 is 11.6. The Morgan fingerprint density at radius 3 is 2.18 bits per heavy atom. The van der Waals surface area contributed by atoms with Gasteiger partial charge in [-0.1, -0.05) is 48.5 Å². The van der Waals surface area contributed by atoms with Gasteiger partial charge in [0.15, 0.2) is 5.05 Å². The van der Waals surface area contributed by atoms with Gasteiger partial charge in [0, 0.05) is 36.0 Å². The maximum absolute atomic E-state index is 14.6. The fraction of sp³-hybridized carbons (Fsp3) is 0.909. The number of Topliss-reactive ketones (excluding diaryl/α,β-unsaturated/α-hetero) is 1. The first kappa shape index (κ1) is 29.5. The summed E-state index contributed by atoms with van der Waals surface area (Å²) in [5, 5.41) is 13.6. The van der Waals surface area contributed by atoms with Crippen molar-refractivity contribution in [3.8, 4) is 0 Å². The van der Waals surface area contributed by atoms with Gasteiger partial charge >= 0.3 is 5.97 Å². The number of ether oxygens (including phenoxy) is 2. The molecule has 1 N–H and O–H groups in total. The van der Waals surface area contributed by atoms with Gasteiger partial charge < -0.3 is 14.6 Å². The Bertz CT molecular complexity index is 1080. The molecule has 0 heterocycles. The van der Waals surface area contributed by atoms with E-state index in [1.807, 2.05) is 6.92 Å². The van der Waals surface area contributed by atoms with Crippen LogP contribution in [0.1, 0.15) is 120 Å². The third-order valence-corrected chi connectivity index (χ3v) is 14.0. The zero-order valence-corrected chi connectivity index (χ0v) is 26.7. The molecule has 0 saturated heterocycles. The van der Waals surface area contributed by atoms with Gasteiger partial charge in [-0.25, -0.2) is 0 Å². The number of rotatable bonds is 2. The highest BCUT2D eigenvalue weighted by atomic mass is 32.1. The van der Waals surface area contributed by atoms with Gasteiger partial charge in [-0.15, -0.1) is 0 Å². The van der Waals surface area contributed by atoms with Crippen LogP contribution in [0.5, 0.6) is 0 Å². The molecular weight excluding hydrogens is 508 g/mol. The van der Waals surface area contributed by atoms with Crippen molar-refractivity contribution >= 4 is 29.0 Å². The average molecular weight is 561 g/mol. The highest BCUT2D eigenvalue weighted by Crippen LogP contribution is 2.77. The van der Waals surface area contributed by atoms with Gasteiger partial charge in [0.25, 0.3) is 0 Å². The Kier molecular flexibility index (Phi) is 6.62. The van der Waals surface area contributed by atoms with E-state index in [0.29, 0.717) is 11.0 Å². The lowest BCUT2D eigenvalue weighted by atomic mass is 9.30. The van der Waals surface area contributed by atoms with Crippen LogP contribution in [-0.4, -0.2) is 40.7 Å². The van der Waals surface area contributed by atoms with Crippen molar-refractivity contribution < 1.29 is 24.2 Å². The van der Waals surface area contributed by atoms with Crippen molar-refractivity contribution in [1.29, 1.82) is 0 Å².